The van der Waals surface area contributed by atoms with E-state index >= 15 is 0 Å². The number of benzene rings is 1. The predicted octanol–water partition coefficient (Wildman–Crippen LogP) is 1.91. The normalized spacial score (nSPS) is 11.3. The Kier molecular flexibility index (Phi) is 33.5. The van der Waals surface area contributed by atoms with Gasteiger partial charge in [-0.3, -0.25) is 0 Å². The van der Waals surface area contributed by atoms with Crippen LogP contribution in [0.4, 0.5) is 0 Å². The molecular weight excluding hydrogens is 636 g/mol. The van der Waals surface area contributed by atoms with Crippen molar-refractivity contribution in [1.82, 2.24) is 0 Å². The number of methoxy groups -OCH3 is 3. The van der Waals surface area contributed by atoms with E-state index in [-0.39, 0.29) is 0 Å². The Hall–Kier alpha value is -1.86. The maximum absolute atomic E-state index is 6.06. The van der Waals surface area contributed by atoms with Gasteiger partial charge in [0, 0.05) is 21.3 Å². The van der Waals surface area contributed by atoms with E-state index in [1.807, 2.05) is 18.2 Å². The van der Waals surface area contributed by atoms with Crippen LogP contribution in [0.2, 0.25) is 0 Å². The number of ether oxygens (including phenoxy) is 15. The summed E-state index contributed by atoms with van der Waals surface area (Å²) in [6, 6.07) is 5.49. The molecule has 0 aliphatic rings. The second kappa shape index (κ2) is 36.4. The highest BCUT2D eigenvalue weighted by molar-refractivity contribution is 5.51. The van der Waals surface area contributed by atoms with Crippen LogP contribution >= 0.6 is 0 Å². The summed E-state index contributed by atoms with van der Waals surface area (Å²) in [6.45, 7) is 11.2. The van der Waals surface area contributed by atoms with Crippen molar-refractivity contribution in [2.45, 2.75) is 0 Å². The van der Waals surface area contributed by atoms with E-state index in [1.165, 1.54) is 0 Å². The van der Waals surface area contributed by atoms with Gasteiger partial charge in [0.05, 0.1) is 139 Å². The maximum atomic E-state index is 6.06. The van der Waals surface area contributed by atoms with E-state index in [0.717, 1.165) is 0 Å². The molecule has 0 unspecified atom stereocenters. The summed E-state index contributed by atoms with van der Waals surface area (Å²) in [5.41, 5.74) is 0. The molecule has 0 aliphatic heterocycles. The van der Waals surface area contributed by atoms with Crippen molar-refractivity contribution in [3.05, 3.63) is 18.2 Å². The first-order valence-corrected chi connectivity index (χ1v) is 16.5. The second-order valence-electron chi connectivity index (χ2n) is 9.62. The van der Waals surface area contributed by atoms with Gasteiger partial charge < -0.3 is 71.1 Å². The van der Waals surface area contributed by atoms with Crippen LogP contribution in [0.5, 0.6) is 17.2 Å². The molecule has 0 amide bonds. The topological polar surface area (TPSA) is 138 Å². The molecule has 0 bridgehead atoms. The van der Waals surface area contributed by atoms with Gasteiger partial charge in [0.15, 0.2) is 11.5 Å². The lowest BCUT2D eigenvalue weighted by Crippen LogP contribution is -2.15. The van der Waals surface area contributed by atoms with Crippen molar-refractivity contribution >= 4 is 0 Å². The van der Waals surface area contributed by atoms with Gasteiger partial charge in [0.1, 0.15) is 19.8 Å². The first-order chi connectivity index (χ1) is 23.8. The van der Waals surface area contributed by atoms with E-state index in [2.05, 4.69) is 0 Å². The second-order valence-corrected chi connectivity index (χ2v) is 9.62. The standard InChI is InChI=1S/C33H60O15/c1-34-7-10-37-13-16-40-19-22-43-25-28-46-31-5-4-6-32(47-29-26-44-23-20-41-17-14-38-11-8-35-2)33(31)48-30-27-45-24-21-42-18-15-39-12-9-36-3/h4-6H,7-30H2,1-3H3. The predicted molar refractivity (Wildman–Crippen MR) is 176 cm³/mol. The van der Waals surface area contributed by atoms with Gasteiger partial charge in [0.25, 0.3) is 0 Å². The number of para-hydroxylation sites is 1. The Balaban J connectivity index is 2.37. The van der Waals surface area contributed by atoms with Gasteiger partial charge in [-0.25, -0.2) is 0 Å². The third-order valence-corrected chi connectivity index (χ3v) is 5.91. The highest BCUT2D eigenvalue weighted by Crippen LogP contribution is 2.37. The van der Waals surface area contributed by atoms with Gasteiger partial charge >= 0.3 is 0 Å². The Labute approximate surface area is 286 Å². The average Bonchev–Trinajstić information content (AvgIpc) is 3.10. The summed E-state index contributed by atoms with van der Waals surface area (Å²) >= 11 is 0. The van der Waals surface area contributed by atoms with Crippen LogP contribution in [0, 0.1) is 0 Å². The third kappa shape index (κ3) is 28.0. The molecule has 0 aromatic heterocycles. The molecule has 15 heteroatoms. The molecule has 0 atom stereocenters. The van der Waals surface area contributed by atoms with E-state index in [9.17, 15) is 0 Å². The molecule has 0 heterocycles. The Morgan fingerprint density at radius 2 is 0.521 bits per heavy atom. The summed E-state index contributed by atoms with van der Waals surface area (Å²) in [6.07, 6.45) is 0. The summed E-state index contributed by atoms with van der Waals surface area (Å²) in [5, 5.41) is 0. The van der Waals surface area contributed by atoms with Crippen molar-refractivity contribution in [3.63, 3.8) is 0 Å². The smallest absolute Gasteiger partial charge is 0.203 e. The van der Waals surface area contributed by atoms with Gasteiger partial charge in [-0.2, -0.15) is 0 Å². The lowest BCUT2D eigenvalue weighted by atomic mass is 10.3. The first-order valence-electron chi connectivity index (χ1n) is 16.5. The van der Waals surface area contributed by atoms with Crippen molar-refractivity contribution in [1.29, 1.82) is 0 Å². The Morgan fingerprint density at radius 3 is 0.792 bits per heavy atom. The molecule has 0 saturated carbocycles. The van der Waals surface area contributed by atoms with Gasteiger partial charge in [-0.15, -0.1) is 0 Å². The summed E-state index contributed by atoms with van der Waals surface area (Å²) in [7, 11) is 4.92. The van der Waals surface area contributed by atoms with Gasteiger partial charge in [-0.1, -0.05) is 6.07 Å². The van der Waals surface area contributed by atoms with Crippen LogP contribution < -0.4 is 14.2 Å². The lowest BCUT2D eigenvalue weighted by molar-refractivity contribution is -0.00159. The molecule has 1 aromatic rings. The maximum Gasteiger partial charge on any atom is 0.203 e. The zero-order chi connectivity index (χ0) is 34.4. The summed E-state index contributed by atoms with van der Waals surface area (Å²) < 4.78 is 82.3. The molecule has 0 aliphatic carbocycles. The minimum atomic E-state index is 0.295. The van der Waals surface area contributed by atoms with Crippen molar-refractivity contribution in [2.75, 3.05) is 180 Å². The van der Waals surface area contributed by atoms with Crippen LogP contribution in [0.15, 0.2) is 18.2 Å². The third-order valence-electron chi connectivity index (χ3n) is 5.91. The number of hydrogen-bond donors (Lipinski definition) is 0. The molecular formula is C33H60O15. The first kappa shape index (κ1) is 44.2. The molecule has 0 saturated heterocycles. The number of hydrogen-bond acceptors (Lipinski definition) is 15. The minimum absolute atomic E-state index is 0.295. The fraction of sp³-hybridized carbons (Fsp3) is 0.818. The summed E-state index contributed by atoms with van der Waals surface area (Å²) in [5.74, 6) is 1.57. The monoisotopic (exact) mass is 696 g/mol. The highest BCUT2D eigenvalue weighted by atomic mass is 16.6. The molecule has 0 radical (unpaired) electrons. The van der Waals surface area contributed by atoms with Crippen molar-refractivity contribution in [2.24, 2.45) is 0 Å². The van der Waals surface area contributed by atoms with E-state index < -0.39 is 0 Å². The van der Waals surface area contributed by atoms with Crippen LogP contribution in [-0.4, -0.2) is 180 Å². The van der Waals surface area contributed by atoms with Crippen LogP contribution in [-0.2, 0) is 56.8 Å². The van der Waals surface area contributed by atoms with Crippen LogP contribution in [0.25, 0.3) is 0 Å². The molecule has 0 fully saturated rings. The minimum Gasteiger partial charge on any atom is -0.487 e. The average molecular weight is 697 g/mol. The van der Waals surface area contributed by atoms with Gasteiger partial charge in [-0.05, 0) is 12.1 Å². The fourth-order valence-corrected chi connectivity index (χ4v) is 3.54. The van der Waals surface area contributed by atoms with E-state index in [0.29, 0.717) is 176 Å². The van der Waals surface area contributed by atoms with Crippen LogP contribution in [0.3, 0.4) is 0 Å². The van der Waals surface area contributed by atoms with E-state index in [4.69, 9.17) is 71.1 Å². The molecule has 15 nitrogen and oxygen atoms in total. The van der Waals surface area contributed by atoms with Crippen LogP contribution in [0.1, 0.15) is 0 Å². The fourth-order valence-electron chi connectivity index (χ4n) is 3.54. The zero-order valence-electron chi connectivity index (χ0n) is 29.3. The lowest BCUT2D eigenvalue weighted by Gasteiger charge is -2.17. The molecule has 0 spiro atoms. The van der Waals surface area contributed by atoms with Crippen molar-refractivity contribution in [3.8, 4) is 17.2 Å². The molecule has 0 N–H and O–H groups in total. The Morgan fingerprint density at radius 1 is 0.292 bits per heavy atom. The van der Waals surface area contributed by atoms with Gasteiger partial charge in [0.2, 0.25) is 5.75 Å². The quantitative estimate of drug-likeness (QED) is 0.0926. The SMILES string of the molecule is COCCOCCOCCOCCOc1cccc(OCCOCCOCCOCCOC)c1OCCOCCOCCOCCOC. The molecule has 48 heavy (non-hydrogen) atoms. The Bertz CT molecular complexity index is 743. The molecule has 1 aromatic carbocycles. The number of rotatable bonds is 39. The largest absolute Gasteiger partial charge is 0.487 e. The van der Waals surface area contributed by atoms with E-state index in [1.54, 1.807) is 21.3 Å². The molecule has 282 valence electrons. The summed E-state index contributed by atoms with van der Waals surface area (Å²) in [4.78, 5) is 0. The van der Waals surface area contributed by atoms with Crippen molar-refractivity contribution < 1.29 is 71.1 Å². The highest BCUT2D eigenvalue weighted by Gasteiger charge is 2.13. The zero-order valence-corrected chi connectivity index (χ0v) is 29.3. The molecule has 1 rings (SSSR count).